The quantitative estimate of drug-likeness (QED) is 0.153. The standard InChI is InChI=1S/C21H19N.C8H7NO/c1-2-3-4-5-6-7-12-17-22-20-15-10-8-13-18(20)19-14-9-11-16-21(19)22;1-7-3-2-4-8(5-7)9-6-10/h8-11,13-16H,2-4,17H2,1H3;2-5H,1H3. The molecule has 32 heavy (non-hydrogen) atoms. The molecule has 4 aromatic rings. The van der Waals surface area contributed by atoms with E-state index in [1.54, 1.807) is 6.07 Å². The Morgan fingerprint density at radius 2 is 1.50 bits per heavy atom. The molecule has 0 saturated heterocycles. The van der Waals surface area contributed by atoms with E-state index < -0.39 is 0 Å². The van der Waals surface area contributed by atoms with E-state index >= 15 is 0 Å². The van der Waals surface area contributed by atoms with Gasteiger partial charge in [0, 0.05) is 28.2 Å². The first-order chi connectivity index (χ1) is 15.7. The number of rotatable bonds is 4. The molecule has 1 aromatic heterocycles. The molecule has 0 unspecified atom stereocenters. The molecule has 1 heterocycles. The highest BCUT2D eigenvalue weighted by Gasteiger charge is 2.07. The molecule has 0 aliphatic rings. The second kappa shape index (κ2) is 12.0. The number of benzene rings is 3. The summed E-state index contributed by atoms with van der Waals surface area (Å²) in [7, 11) is 0. The summed E-state index contributed by atoms with van der Waals surface area (Å²) < 4.78 is 2.27. The summed E-state index contributed by atoms with van der Waals surface area (Å²) in [5.41, 5.74) is 4.22. The van der Waals surface area contributed by atoms with Crippen LogP contribution < -0.4 is 0 Å². The highest BCUT2D eigenvalue weighted by molar-refractivity contribution is 6.08. The van der Waals surface area contributed by atoms with Crippen LogP contribution in [-0.4, -0.2) is 10.6 Å². The largest absolute Gasteiger partial charge is 0.329 e. The minimum atomic E-state index is 0.662. The van der Waals surface area contributed by atoms with Crippen molar-refractivity contribution in [3.8, 4) is 23.7 Å². The van der Waals surface area contributed by atoms with E-state index in [-0.39, 0.29) is 0 Å². The number of fused-ring (bicyclic) bond motifs is 3. The average molecular weight is 419 g/mol. The van der Waals surface area contributed by atoms with Gasteiger partial charge in [-0.25, -0.2) is 4.79 Å². The summed E-state index contributed by atoms with van der Waals surface area (Å²) >= 11 is 0. The number of hydrogen-bond donors (Lipinski definition) is 0. The SMILES string of the molecule is CCCCC#CC#CCn1c2ccccc2c2ccccc21.Cc1cccc(N=C=O)c1. The molecule has 3 heteroatoms. The predicted octanol–water partition coefficient (Wildman–Crippen LogP) is 6.95. The van der Waals surface area contributed by atoms with E-state index in [1.807, 2.05) is 25.1 Å². The Morgan fingerprint density at radius 1 is 0.844 bits per heavy atom. The van der Waals surface area contributed by atoms with Crippen molar-refractivity contribution in [3.63, 3.8) is 0 Å². The van der Waals surface area contributed by atoms with Gasteiger partial charge in [-0.15, -0.1) is 0 Å². The first kappa shape index (κ1) is 22.6. The van der Waals surface area contributed by atoms with Crippen LogP contribution in [0.3, 0.4) is 0 Å². The summed E-state index contributed by atoms with van der Waals surface area (Å²) in [5, 5.41) is 2.57. The third-order valence-electron chi connectivity index (χ3n) is 4.99. The Kier molecular flexibility index (Phi) is 8.47. The van der Waals surface area contributed by atoms with E-state index in [2.05, 4.69) is 88.7 Å². The van der Waals surface area contributed by atoms with Crippen molar-refractivity contribution in [2.24, 2.45) is 4.99 Å². The molecule has 0 radical (unpaired) electrons. The maximum atomic E-state index is 9.79. The summed E-state index contributed by atoms with van der Waals surface area (Å²) in [6.07, 6.45) is 4.77. The Labute approximate surface area is 189 Å². The molecular formula is C29H26N2O. The maximum absolute atomic E-state index is 9.79. The number of unbranched alkanes of at least 4 members (excludes halogenated alkanes) is 2. The first-order valence-corrected chi connectivity index (χ1v) is 10.8. The third kappa shape index (κ3) is 5.99. The fraction of sp³-hybridized carbons (Fsp3) is 0.207. The van der Waals surface area contributed by atoms with Crippen LogP contribution in [0.4, 0.5) is 5.69 Å². The van der Waals surface area contributed by atoms with Gasteiger partial charge in [0.2, 0.25) is 6.08 Å². The average Bonchev–Trinajstić information content (AvgIpc) is 3.13. The Hall–Kier alpha value is -4.04. The molecule has 0 saturated carbocycles. The van der Waals surface area contributed by atoms with Crippen molar-refractivity contribution < 1.29 is 4.79 Å². The number of aryl methyl sites for hydroxylation is 1. The number of isocyanates is 1. The normalized spacial score (nSPS) is 9.56. The van der Waals surface area contributed by atoms with Crippen LogP contribution in [0.15, 0.2) is 77.8 Å². The Morgan fingerprint density at radius 3 is 2.12 bits per heavy atom. The zero-order chi connectivity index (χ0) is 22.6. The molecule has 3 nitrogen and oxygen atoms in total. The van der Waals surface area contributed by atoms with E-state index in [0.717, 1.165) is 18.4 Å². The van der Waals surface area contributed by atoms with Crippen LogP contribution in [0.2, 0.25) is 0 Å². The van der Waals surface area contributed by atoms with Gasteiger partial charge in [0.1, 0.15) is 0 Å². The van der Waals surface area contributed by atoms with Crippen molar-refractivity contribution >= 4 is 33.6 Å². The smallest absolute Gasteiger partial charge is 0.240 e. The van der Waals surface area contributed by atoms with Gasteiger partial charge in [-0.2, -0.15) is 4.99 Å². The monoisotopic (exact) mass is 418 g/mol. The number of aliphatic imine (C=N–C) groups is 1. The lowest BCUT2D eigenvalue weighted by Gasteiger charge is -2.01. The predicted molar refractivity (Wildman–Crippen MR) is 133 cm³/mol. The second-order valence-electron chi connectivity index (χ2n) is 7.37. The van der Waals surface area contributed by atoms with Crippen LogP contribution in [0, 0.1) is 30.6 Å². The number of carbonyl (C=O) groups excluding carboxylic acids is 1. The molecule has 3 aromatic carbocycles. The van der Waals surface area contributed by atoms with Crippen LogP contribution >= 0.6 is 0 Å². The van der Waals surface area contributed by atoms with Crippen molar-refractivity contribution in [2.75, 3.05) is 0 Å². The summed E-state index contributed by atoms with van der Waals surface area (Å²) in [5.74, 6) is 12.2. The molecule has 0 N–H and O–H groups in total. The van der Waals surface area contributed by atoms with E-state index in [9.17, 15) is 4.79 Å². The zero-order valence-electron chi connectivity index (χ0n) is 18.6. The zero-order valence-corrected chi connectivity index (χ0v) is 18.6. The number of nitrogens with zero attached hydrogens (tertiary/aromatic N) is 2. The Bertz CT molecular complexity index is 1310. The van der Waals surface area contributed by atoms with Crippen molar-refractivity contribution in [1.29, 1.82) is 0 Å². The molecule has 0 atom stereocenters. The third-order valence-corrected chi connectivity index (χ3v) is 4.99. The molecule has 0 aliphatic heterocycles. The van der Waals surface area contributed by atoms with Gasteiger partial charge in [0.25, 0.3) is 0 Å². The first-order valence-electron chi connectivity index (χ1n) is 10.8. The lowest BCUT2D eigenvalue weighted by molar-refractivity contribution is 0.565. The van der Waals surface area contributed by atoms with Gasteiger partial charge in [0.05, 0.1) is 12.2 Å². The van der Waals surface area contributed by atoms with E-state index in [4.69, 9.17) is 0 Å². The molecule has 0 bridgehead atoms. The van der Waals surface area contributed by atoms with Crippen LogP contribution in [0.1, 0.15) is 31.7 Å². The van der Waals surface area contributed by atoms with Gasteiger partial charge in [-0.05, 0) is 55.0 Å². The molecule has 0 amide bonds. The summed E-state index contributed by atoms with van der Waals surface area (Å²) in [6.45, 7) is 4.80. The topological polar surface area (TPSA) is 34.4 Å². The second-order valence-corrected chi connectivity index (χ2v) is 7.37. The number of aromatic nitrogens is 1. The lowest BCUT2D eigenvalue weighted by atomic mass is 10.2. The molecule has 0 aliphatic carbocycles. The lowest BCUT2D eigenvalue weighted by Crippen LogP contribution is -1.94. The fourth-order valence-corrected chi connectivity index (χ4v) is 3.46. The summed E-state index contributed by atoms with van der Waals surface area (Å²) in [4.78, 5) is 13.3. The van der Waals surface area contributed by atoms with Crippen molar-refractivity contribution in [3.05, 3.63) is 78.4 Å². The van der Waals surface area contributed by atoms with Crippen molar-refractivity contribution in [2.45, 2.75) is 39.7 Å². The fourth-order valence-electron chi connectivity index (χ4n) is 3.46. The van der Waals surface area contributed by atoms with Crippen LogP contribution in [-0.2, 0) is 11.3 Å². The van der Waals surface area contributed by atoms with Gasteiger partial charge in [-0.1, -0.05) is 73.7 Å². The minimum Gasteiger partial charge on any atom is -0.329 e. The number of hydrogen-bond acceptors (Lipinski definition) is 2. The molecule has 0 fully saturated rings. The van der Waals surface area contributed by atoms with Crippen molar-refractivity contribution in [1.82, 2.24) is 4.57 Å². The highest BCUT2D eigenvalue weighted by atomic mass is 16.1. The van der Waals surface area contributed by atoms with Gasteiger partial charge in [0.15, 0.2) is 0 Å². The summed E-state index contributed by atoms with van der Waals surface area (Å²) in [6, 6.07) is 24.4. The Balaban J connectivity index is 0.000000243. The number of para-hydroxylation sites is 2. The van der Waals surface area contributed by atoms with Crippen LogP contribution in [0.25, 0.3) is 21.8 Å². The minimum absolute atomic E-state index is 0.662. The van der Waals surface area contributed by atoms with Gasteiger partial charge >= 0.3 is 0 Å². The van der Waals surface area contributed by atoms with Crippen LogP contribution in [0.5, 0.6) is 0 Å². The van der Waals surface area contributed by atoms with E-state index in [0.29, 0.717) is 12.2 Å². The van der Waals surface area contributed by atoms with Gasteiger partial charge in [-0.3, -0.25) is 0 Å². The molecule has 4 rings (SSSR count). The molecule has 158 valence electrons. The highest BCUT2D eigenvalue weighted by Crippen LogP contribution is 2.28. The van der Waals surface area contributed by atoms with E-state index in [1.165, 1.54) is 34.3 Å². The maximum Gasteiger partial charge on any atom is 0.240 e. The van der Waals surface area contributed by atoms with Gasteiger partial charge < -0.3 is 4.57 Å². The molecular weight excluding hydrogens is 392 g/mol. The molecule has 0 spiro atoms.